The van der Waals surface area contributed by atoms with Crippen LogP contribution in [0.5, 0.6) is 0 Å². The van der Waals surface area contributed by atoms with Crippen LogP contribution in [0.3, 0.4) is 0 Å². The van der Waals surface area contributed by atoms with Crippen LogP contribution in [0, 0.1) is 0 Å². The number of carbonyl (C=O) groups is 1. The van der Waals surface area contributed by atoms with Crippen molar-refractivity contribution in [1.29, 1.82) is 0 Å². The second kappa shape index (κ2) is 11.6. The van der Waals surface area contributed by atoms with Crippen molar-refractivity contribution in [3.05, 3.63) is 99.8 Å². The van der Waals surface area contributed by atoms with Crippen LogP contribution in [-0.4, -0.2) is 57.6 Å². The summed E-state index contributed by atoms with van der Waals surface area (Å²) >= 11 is 5.92. The minimum atomic E-state index is -4.95. The Hall–Kier alpha value is -4.76. The molecule has 0 aliphatic carbocycles. The lowest BCUT2D eigenvalue weighted by atomic mass is 10.1. The minimum absolute atomic E-state index is 0.0898. The van der Waals surface area contributed by atoms with Crippen molar-refractivity contribution in [2.75, 3.05) is 0 Å². The van der Waals surface area contributed by atoms with Gasteiger partial charge in [0.2, 0.25) is 0 Å². The third-order valence-corrected chi connectivity index (χ3v) is 6.49. The standard InChI is InChI=1S/C26H22ClF3N8O4/c1-15(19-10-11-42-35-19)32-24(40)18-4-2-3-5-20(18)38-14-31-22(33-38)13-37-25(41)36(12-21(39)26(28,29)30)23(34-37)16-6-8-17(27)9-7-16/h2-11,14-15,21,39H,12-13H2,1H3,(H,32,40). The molecule has 2 atom stereocenters. The van der Waals surface area contributed by atoms with Gasteiger partial charge in [0.05, 0.1) is 23.8 Å². The van der Waals surface area contributed by atoms with E-state index < -0.39 is 36.5 Å². The Morgan fingerprint density at radius 1 is 1.12 bits per heavy atom. The molecule has 0 aliphatic rings. The Balaban J connectivity index is 1.43. The second-order valence-electron chi connectivity index (χ2n) is 9.18. The number of nitrogens with one attached hydrogen (secondary N) is 1. The molecule has 12 nitrogen and oxygen atoms in total. The molecule has 16 heteroatoms. The first kappa shape index (κ1) is 28.8. The van der Waals surface area contributed by atoms with E-state index in [0.29, 0.717) is 22.0 Å². The number of carbonyl (C=O) groups excluding carboxylic acids is 1. The Bertz CT molecular complexity index is 1750. The molecule has 42 heavy (non-hydrogen) atoms. The van der Waals surface area contributed by atoms with E-state index in [-0.39, 0.29) is 23.8 Å². The highest BCUT2D eigenvalue weighted by molar-refractivity contribution is 6.30. The molecule has 2 aromatic carbocycles. The maximum atomic E-state index is 13.1. The zero-order valence-electron chi connectivity index (χ0n) is 21.7. The monoisotopic (exact) mass is 602 g/mol. The molecule has 3 heterocycles. The number of nitrogens with zero attached hydrogens (tertiary/aromatic N) is 7. The fourth-order valence-electron chi connectivity index (χ4n) is 4.08. The third-order valence-electron chi connectivity index (χ3n) is 6.23. The van der Waals surface area contributed by atoms with E-state index in [1.165, 1.54) is 41.5 Å². The van der Waals surface area contributed by atoms with Gasteiger partial charge < -0.3 is 14.9 Å². The lowest BCUT2D eigenvalue weighted by Crippen LogP contribution is -2.37. The first-order chi connectivity index (χ1) is 20.0. The molecule has 0 fully saturated rings. The molecule has 3 aromatic heterocycles. The number of para-hydroxylation sites is 1. The molecule has 2 unspecified atom stereocenters. The summed E-state index contributed by atoms with van der Waals surface area (Å²) in [5.74, 6) is -0.432. The minimum Gasteiger partial charge on any atom is -0.382 e. The van der Waals surface area contributed by atoms with E-state index in [0.717, 1.165) is 9.25 Å². The number of hydrogen-bond acceptors (Lipinski definition) is 8. The van der Waals surface area contributed by atoms with Crippen molar-refractivity contribution < 1.29 is 27.6 Å². The van der Waals surface area contributed by atoms with Crippen molar-refractivity contribution >= 4 is 17.5 Å². The highest BCUT2D eigenvalue weighted by Crippen LogP contribution is 2.24. The first-order valence-electron chi connectivity index (χ1n) is 12.4. The summed E-state index contributed by atoms with van der Waals surface area (Å²) in [6.07, 6.45) is -5.02. The number of aromatic nitrogens is 7. The first-order valence-corrected chi connectivity index (χ1v) is 12.8. The van der Waals surface area contributed by atoms with Crippen molar-refractivity contribution in [3.63, 3.8) is 0 Å². The third kappa shape index (κ3) is 6.11. The molecule has 0 spiro atoms. The number of aliphatic hydroxyl groups excluding tert-OH is 1. The van der Waals surface area contributed by atoms with Crippen LogP contribution in [0.2, 0.25) is 5.02 Å². The van der Waals surface area contributed by atoms with E-state index >= 15 is 0 Å². The summed E-state index contributed by atoms with van der Waals surface area (Å²) in [5.41, 5.74) is 0.588. The van der Waals surface area contributed by atoms with Gasteiger partial charge in [0, 0.05) is 16.7 Å². The Labute approximate surface area is 240 Å². The van der Waals surface area contributed by atoms with Crippen LogP contribution in [0.15, 0.2) is 76.5 Å². The van der Waals surface area contributed by atoms with Crippen LogP contribution in [-0.2, 0) is 13.1 Å². The average Bonchev–Trinajstić information content (AvgIpc) is 3.72. The summed E-state index contributed by atoms with van der Waals surface area (Å²) in [6.45, 7) is 0.366. The molecule has 5 rings (SSSR count). The molecule has 2 N–H and O–H groups in total. The number of hydrogen-bond donors (Lipinski definition) is 2. The zero-order chi connectivity index (χ0) is 30.0. The van der Waals surface area contributed by atoms with Crippen LogP contribution in [0.4, 0.5) is 13.2 Å². The fourth-order valence-corrected chi connectivity index (χ4v) is 4.20. The number of aliphatic hydroxyl groups is 1. The van der Waals surface area contributed by atoms with E-state index in [1.54, 1.807) is 37.3 Å². The topological polar surface area (TPSA) is 146 Å². The number of halogens is 4. The molecule has 0 radical (unpaired) electrons. The lowest BCUT2D eigenvalue weighted by Gasteiger charge is -2.15. The molecule has 218 valence electrons. The van der Waals surface area contributed by atoms with Gasteiger partial charge in [-0.25, -0.2) is 19.1 Å². The maximum absolute atomic E-state index is 13.1. The summed E-state index contributed by atoms with van der Waals surface area (Å²) < 4.78 is 47.2. The van der Waals surface area contributed by atoms with Gasteiger partial charge in [0.25, 0.3) is 5.91 Å². The van der Waals surface area contributed by atoms with Gasteiger partial charge in [-0.3, -0.25) is 9.36 Å². The number of benzene rings is 2. The van der Waals surface area contributed by atoms with Gasteiger partial charge in [0.1, 0.15) is 24.8 Å². The van der Waals surface area contributed by atoms with Crippen LogP contribution < -0.4 is 11.0 Å². The van der Waals surface area contributed by atoms with Gasteiger partial charge in [-0.05, 0) is 43.3 Å². The molecular weight excluding hydrogens is 581 g/mol. The van der Waals surface area contributed by atoms with Crippen molar-refractivity contribution in [2.24, 2.45) is 0 Å². The van der Waals surface area contributed by atoms with Gasteiger partial charge in [-0.2, -0.15) is 13.2 Å². The fraction of sp³-hybridized carbons (Fsp3) is 0.231. The van der Waals surface area contributed by atoms with Gasteiger partial charge in [-0.1, -0.05) is 28.9 Å². The number of alkyl halides is 3. The number of amides is 1. The van der Waals surface area contributed by atoms with Crippen molar-refractivity contribution in [1.82, 2.24) is 39.6 Å². The number of rotatable bonds is 9. The van der Waals surface area contributed by atoms with Gasteiger partial charge in [0.15, 0.2) is 17.8 Å². The van der Waals surface area contributed by atoms with Crippen molar-refractivity contribution in [3.8, 4) is 17.1 Å². The summed E-state index contributed by atoms with van der Waals surface area (Å²) in [5, 5.41) is 25.3. The summed E-state index contributed by atoms with van der Waals surface area (Å²) in [7, 11) is 0. The predicted octanol–water partition coefficient (Wildman–Crippen LogP) is 3.40. The Kier molecular flexibility index (Phi) is 7.95. The molecule has 0 aliphatic heterocycles. The molecule has 1 amide bonds. The van der Waals surface area contributed by atoms with E-state index in [2.05, 4.69) is 25.7 Å². The Morgan fingerprint density at radius 3 is 2.55 bits per heavy atom. The lowest BCUT2D eigenvalue weighted by molar-refractivity contribution is -0.207. The van der Waals surface area contributed by atoms with E-state index in [4.69, 9.17) is 16.1 Å². The second-order valence-corrected chi connectivity index (χ2v) is 9.62. The van der Waals surface area contributed by atoms with Crippen molar-refractivity contribution in [2.45, 2.75) is 38.3 Å². The van der Waals surface area contributed by atoms with E-state index in [1.807, 2.05) is 0 Å². The largest absolute Gasteiger partial charge is 0.416 e. The highest BCUT2D eigenvalue weighted by atomic mass is 35.5. The highest BCUT2D eigenvalue weighted by Gasteiger charge is 2.39. The van der Waals surface area contributed by atoms with Crippen LogP contribution >= 0.6 is 11.6 Å². The molecule has 0 bridgehead atoms. The van der Waals surface area contributed by atoms with Crippen LogP contribution in [0.1, 0.15) is 34.8 Å². The smallest absolute Gasteiger partial charge is 0.382 e. The quantitative estimate of drug-likeness (QED) is 0.261. The van der Waals surface area contributed by atoms with Gasteiger partial charge >= 0.3 is 11.9 Å². The van der Waals surface area contributed by atoms with Gasteiger partial charge in [-0.15, -0.1) is 10.2 Å². The molecule has 0 saturated carbocycles. The molecular formula is C26H22ClF3N8O4. The summed E-state index contributed by atoms with van der Waals surface area (Å²) in [4.78, 5) is 30.4. The SMILES string of the molecule is CC(NC(=O)c1ccccc1-n1cnc(Cn2nc(-c3ccc(Cl)cc3)n(CC(O)C(F)(F)F)c2=O)n1)c1ccon1. The zero-order valence-corrected chi connectivity index (χ0v) is 22.5. The molecule has 5 aromatic rings. The maximum Gasteiger partial charge on any atom is 0.416 e. The normalized spacial score (nSPS) is 13.2. The Morgan fingerprint density at radius 2 is 1.86 bits per heavy atom. The summed E-state index contributed by atoms with van der Waals surface area (Å²) in [6, 6.07) is 13.8. The van der Waals surface area contributed by atoms with Crippen LogP contribution in [0.25, 0.3) is 17.1 Å². The predicted molar refractivity (Wildman–Crippen MR) is 142 cm³/mol. The van der Waals surface area contributed by atoms with E-state index in [9.17, 15) is 27.9 Å². The average molecular weight is 603 g/mol. The molecule has 0 saturated heterocycles.